The summed E-state index contributed by atoms with van der Waals surface area (Å²) in [6.07, 6.45) is 0.701. The molecule has 1 heterocycles. The van der Waals surface area contributed by atoms with Gasteiger partial charge in [-0.3, -0.25) is 9.59 Å². The first-order valence-electron chi connectivity index (χ1n) is 5.53. The number of halogens is 1. The summed E-state index contributed by atoms with van der Waals surface area (Å²) < 4.78 is 5.34. The zero-order valence-electron chi connectivity index (χ0n) is 9.90. The van der Waals surface area contributed by atoms with E-state index < -0.39 is 0 Å². The topological polar surface area (TPSA) is 58.6 Å². The van der Waals surface area contributed by atoms with Crippen molar-refractivity contribution in [2.45, 2.75) is 6.42 Å². The fourth-order valence-electron chi connectivity index (χ4n) is 1.78. The maximum Gasteiger partial charge on any atom is 0.287 e. The lowest BCUT2D eigenvalue weighted by Crippen LogP contribution is -2.35. The monoisotopic (exact) mass is 312 g/mol. The van der Waals surface area contributed by atoms with E-state index in [9.17, 15) is 9.59 Å². The molecule has 0 bridgehead atoms. The zero-order chi connectivity index (χ0) is 13.1. The van der Waals surface area contributed by atoms with Gasteiger partial charge in [0.25, 0.3) is 10.7 Å². The van der Waals surface area contributed by atoms with E-state index in [1.807, 2.05) is 18.2 Å². The second-order valence-electron chi connectivity index (χ2n) is 3.99. The Hall–Kier alpha value is -1.56. The SMILES string of the molecule is CN1C(=O)COc2ccc(CCNC(=O)Br)cc21. The van der Waals surface area contributed by atoms with E-state index in [-0.39, 0.29) is 17.3 Å². The van der Waals surface area contributed by atoms with E-state index in [0.29, 0.717) is 18.7 Å². The van der Waals surface area contributed by atoms with Crippen molar-refractivity contribution < 1.29 is 14.3 Å². The molecule has 1 aliphatic heterocycles. The van der Waals surface area contributed by atoms with Crippen LogP contribution in [0.2, 0.25) is 0 Å². The standard InChI is InChI=1S/C12H13BrN2O3/c1-15-9-6-8(4-5-14-12(13)17)2-3-10(9)18-7-11(15)16/h2-3,6H,4-5,7H2,1H3,(H,14,17). The highest BCUT2D eigenvalue weighted by atomic mass is 79.9. The number of nitrogens with one attached hydrogen (secondary N) is 1. The molecule has 1 aromatic carbocycles. The molecule has 2 rings (SSSR count). The van der Waals surface area contributed by atoms with Crippen molar-refractivity contribution >= 4 is 32.3 Å². The van der Waals surface area contributed by atoms with Crippen molar-refractivity contribution in [3.8, 4) is 5.75 Å². The van der Waals surface area contributed by atoms with Crippen molar-refractivity contribution in [2.24, 2.45) is 0 Å². The minimum absolute atomic E-state index is 0.0617. The molecular formula is C12H13BrN2O3. The van der Waals surface area contributed by atoms with Gasteiger partial charge in [0.05, 0.1) is 5.69 Å². The van der Waals surface area contributed by atoms with Crippen LogP contribution >= 0.6 is 15.9 Å². The summed E-state index contributed by atoms with van der Waals surface area (Å²) >= 11 is 2.80. The Kier molecular flexibility index (Phi) is 3.86. The van der Waals surface area contributed by atoms with Crippen LogP contribution < -0.4 is 15.0 Å². The minimum atomic E-state index is -0.226. The van der Waals surface area contributed by atoms with Gasteiger partial charge >= 0.3 is 0 Å². The number of likely N-dealkylation sites (N-methyl/N-ethyl adjacent to an activating group) is 1. The van der Waals surface area contributed by atoms with E-state index in [0.717, 1.165) is 11.3 Å². The lowest BCUT2D eigenvalue weighted by molar-refractivity contribution is -0.120. The van der Waals surface area contributed by atoms with Crippen LogP contribution in [0.15, 0.2) is 18.2 Å². The van der Waals surface area contributed by atoms with E-state index in [1.165, 1.54) is 0 Å². The van der Waals surface area contributed by atoms with Crippen molar-refractivity contribution in [1.29, 1.82) is 0 Å². The molecular weight excluding hydrogens is 300 g/mol. The minimum Gasteiger partial charge on any atom is -0.482 e. The van der Waals surface area contributed by atoms with E-state index in [1.54, 1.807) is 11.9 Å². The first kappa shape index (κ1) is 12.9. The van der Waals surface area contributed by atoms with Crippen molar-refractivity contribution in [2.75, 3.05) is 25.1 Å². The molecule has 1 aromatic rings. The molecule has 0 unspecified atom stereocenters. The molecule has 5 nitrogen and oxygen atoms in total. The highest BCUT2D eigenvalue weighted by Gasteiger charge is 2.22. The van der Waals surface area contributed by atoms with Crippen LogP contribution in [-0.2, 0) is 11.2 Å². The van der Waals surface area contributed by atoms with Crippen molar-refractivity contribution in [1.82, 2.24) is 5.32 Å². The van der Waals surface area contributed by atoms with Crippen LogP contribution in [0.5, 0.6) is 5.75 Å². The summed E-state index contributed by atoms with van der Waals surface area (Å²) in [6, 6.07) is 5.69. The first-order chi connectivity index (χ1) is 8.58. The highest BCUT2D eigenvalue weighted by molar-refractivity contribution is 9.18. The number of ether oxygens (including phenoxy) is 1. The average Bonchev–Trinajstić information content (AvgIpc) is 2.34. The molecule has 0 saturated carbocycles. The number of carbonyl (C=O) groups excluding carboxylic acids is 2. The first-order valence-corrected chi connectivity index (χ1v) is 6.33. The van der Waals surface area contributed by atoms with Gasteiger partial charge in [-0.2, -0.15) is 0 Å². The Labute approximate surface area is 113 Å². The second-order valence-corrected chi connectivity index (χ2v) is 4.71. The zero-order valence-corrected chi connectivity index (χ0v) is 11.5. The second kappa shape index (κ2) is 5.39. The van der Waals surface area contributed by atoms with Gasteiger partial charge in [-0.15, -0.1) is 0 Å². The number of nitrogens with zero attached hydrogens (tertiary/aromatic N) is 1. The van der Waals surface area contributed by atoms with Crippen molar-refractivity contribution in [3.63, 3.8) is 0 Å². The van der Waals surface area contributed by atoms with Crippen LogP contribution in [0.1, 0.15) is 5.56 Å². The number of anilines is 1. The van der Waals surface area contributed by atoms with Gasteiger partial charge in [-0.1, -0.05) is 6.07 Å². The Bertz CT molecular complexity index is 490. The summed E-state index contributed by atoms with van der Waals surface area (Å²) in [7, 11) is 1.73. The van der Waals surface area contributed by atoms with E-state index in [4.69, 9.17) is 4.74 Å². The lowest BCUT2D eigenvalue weighted by Gasteiger charge is -2.26. The van der Waals surface area contributed by atoms with Gasteiger partial charge in [-0.25, -0.2) is 0 Å². The Balaban J connectivity index is 2.11. The van der Waals surface area contributed by atoms with E-state index in [2.05, 4.69) is 21.2 Å². The highest BCUT2D eigenvalue weighted by Crippen LogP contribution is 2.31. The molecule has 2 amide bonds. The largest absolute Gasteiger partial charge is 0.482 e. The van der Waals surface area contributed by atoms with Gasteiger partial charge < -0.3 is 15.0 Å². The fourth-order valence-corrected chi connectivity index (χ4v) is 1.98. The summed E-state index contributed by atoms with van der Waals surface area (Å²) in [6.45, 7) is 0.629. The van der Waals surface area contributed by atoms with Gasteiger partial charge in [0.2, 0.25) is 0 Å². The molecule has 6 heteroatoms. The number of fused-ring (bicyclic) bond motifs is 1. The summed E-state index contributed by atoms with van der Waals surface area (Å²) in [4.78, 5) is 23.6. The van der Waals surface area contributed by atoms with Crippen LogP contribution in [0.3, 0.4) is 0 Å². The number of benzene rings is 1. The normalized spacial score (nSPS) is 13.9. The molecule has 96 valence electrons. The third kappa shape index (κ3) is 2.81. The molecule has 0 radical (unpaired) electrons. The molecule has 0 fully saturated rings. The maximum absolute atomic E-state index is 11.5. The Morgan fingerprint density at radius 2 is 2.33 bits per heavy atom. The quantitative estimate of drug-likeness (QED) is 0.682. The lowest BCUT2D eigenvalue weighted by atomic mass is 10.1. The molecule has 18 heavy (non-hydrogen) atoms. The average molecular weight is 313 g/mol. The van der Waals surface area contributed by atoms with Gasteiger partial charge in [-0.05, 0) is 24.1 Å². The fraction of sp³-hybridized carbons (Fsp3) is 0.333. The molecule has 1 N–H and O–H groups in total. The predicted octanol–water partition coefficient (Wildman–Crippen LogP) is 1.69. The molecule has 1 aliphatic rings. The molecule has 0 spiro atoms. The van der Waals surface area contributed by atoms with Crippen LogP contribution in [0.4, 0.5) is 10.5 Å². The van der Waals surface area contributed by atoms with Gasteiger partial charge in [0.15, 0.2) is 6.61 Å². The number of carbonyl (C=O) groups is 2. The third-order valence-electron chi connectivity index (χ3n) is 2.79. The van der Waals surface area contributed by atoms with Gasteiger partial charge in [0, 0.05) is 29.5 Å². The predicted molar refractivity (Wildman–Crippen MR) is 71.4 cm³/mol. The summed E-state index contributed by atoms with van der Waals surface area (Å²) in [5.41, 5.74) is 1.81. The number of hydrogen-bond acceptors (Lipinski definition) is 3. The Morgan fingerprint density at radius 1 is 1.56 bits per heavy atom. The van der Waals surface area contributed by atoms with Crippen LogP contribution in [0, 0.1) is 0 Å². The summed E-state index contributed by atoms with van der Waals surface area (Å²) in [5, 5.41) is 2.66. The molecule has 0 atom stereocenters. The summed E-state index contributed by atoms with van der Waals surface area (Å²) in [5.74, 6) is 0.652. The number of rotatable bonds is 3. The van der Waals surface area contributed by atoms with Crippen LogP contribution in [-0.4, -0.2) is 30.9 Å². The Morgan fingerprint density at radius 3 is 3.06 bits per heavy atom. The van der Waals surface area contributed by atoms with Crippen molar-refractivity contribution in [3.05, 3.63) is 23.8 Å². The smallest absolute Gasteiger partial charge is 0.287 e. The maximum atomic E-state index is 11.5. The molecule has 0 saturated heterocycles. The number of amides is 2. The number of hydrogen-bond donors (Lipinski definition) is 1. The van der Waals surface area contributed by atoms with Gasteiger partial charge in [0.1, 0.15) is 5.75 Å². The van der Waals surface area contributed by atoms with Crippen LogP contribution in [0.25, 0.3) is 0 Å². The molecule has 0 aromatic heterocycles. The van der Waals surface area contributed by atoms with E-state index >= 15 is 0 Å². The molecule has 0 aliphatic carbocycles. The third-order valence-corrected chi connectivity index (χ3v) is 3.07.